The summed E-state index contributed by atoms with van der Waals surface area (Å²) in [6, 6.07) is 12.0. The summed E-state index contributed by atoms with van der Waals surface area (Å²) in [6.07, 6.45) is 0. The Bertz CT molecular complexity index is 920. The van der Waals surface area contributed by atoms with Gasteiger partial charge in [-0.25, -0.2) is 4.79 Å². The van der Waals surface area contributed by atoms with Gasteiger partial charge in [0.1, 0.15) is 11.3 Å². The van der Waals surface area contributed by atoms with Gasteiger partial charge in [0.15, 0.2) is 0 Å². The Morgan fingerprint density at radius 3 is 2.41 bits per heavy atom. The fourth-order valence-electron chi connectivity index (χ4n) is 2.77. The van der Waals surface area contributed by atoms with Crippen LogP contribution < -0.4 is 10.4 Å². The SMILES string of the molecule is COc1cc(-c2ccccc2C)cc2oc(=O)c(C)c(C)c12. The molecule has 0 aliphatic rings. The molecule has 0 radical (unpaired) electrons. The Balaban J connectivity index is 2.39. The molecule has 0 aliphatic heterocycles. The molecule has 3 aromatic rings. The van der Waals surface area contributed by atoms with Crippen molar-refractivity contribution in [2.45, 2.75) is 20.8 Å². The highest BCUT2D eigenvalue weighted by atomic mass is 16.5. The zero-order chi connectivity index (χ0) is 15.9. The van der Waals surface area contributed by atoms with Gasteiger partial charge in [-0.05, 0) is 55.2 Å². The molecule has 0 atom stereocenters. The molecule has 0 unspecified atom stereocenters. The van der Waals surface area contributed by atoms with Gasteiger partial charge in [0.05, 0.1) is 12.5 Å². The second-order valence-corrected chi connectivity index (χ2v) is 5.51. The van der Waals surface area contributed by atoms with Crippen molar-refractivity contribution in [3.63, 3.8) is 0 Å². The molecule has 0 spiro atoms. The molecule has 0 saturated carbocycles. The van der Waals surface area contributed by atoms with Crippen molar-refractivity contribution in [3.8, 4) is 16.9 Å². The summed E-state index contributed by atoms with van der Waals surface area (Å²) in [6.45, 7) is 5.75. The number of aryl methyl sites for hydroxylation is 2. The van der Waals surface area contributed by atoms with E-state index in [0.717, 1.165) is 33.4 Å². The molecule has 0 fully saturated rings. The second kappa shape index (κ2) is 5.34. The van der Waals surface area contributed by atoms with Gasteiger partial charge in [-0.2, -0.15) is 0 Å². The Hall–Kier alpha value is -2.55. The monoisotopic (exact) mass is 294 g/mol. The molecular weight excluding hydrogens is 276 g/mol. The average Bonchev–Trinajstić information content (AvgIpc) is 2.52. The maximum absolute atomic E-state index is 12.0. The van der Waals surface area contributed by atoms with Crippen LogP contribution in [0.1, 0.15) is 16.7 Å². The smallest absolute Gasteiger partial charge is 0.339 e. The van der Waals surface area contributed by atoms with Crippen LogP contribution in [0.4, 0.5) is 0 Å². The van der Waals surface area contributed by atoms with Gasteiger partial charge >= 0.3 is 5.63 Å². The van der Waals surface area contributed by atoms with Gasteiger partial charge in [0.2, 0.25) is 0 Å². The second-order valence-electron chi connectivity index (χ2n) is 5.51. The Kier molecular flexibility index (Phi) is 3.49. The lowest BCUT2D eigenvalue weighted by atomic mass is 9.97. The third kappa shape index (κ3) is 2.19. The first kappa shape index (κ1) is 14.4. The summed E-state index contributed by atoms with van der Waals surface area (Å²) in [5.74, 6) is 0.722. The molecule has 1 aromatic heterocycles. The van der Waals surface area contributed by atoms with Gasteiger partial charge in [0, 0.05) is 5.56 Å². The van der Waals surface area contributed by atoms with Crippen molar-refractivity contribution in [3.05, 3.63) is 63.5 Å². The van der Waals surface area contributed by atoms with Gasteiger partial charge in [0.25, 0.3) is 0 Å². The fourth-order valence-corrected chi connectivity index (χ4v) is 2.77. The van der Waals surface area contributed by atoms with Crippen LogP contribution in [-0.2, 0) is 0 Å². The molecule has 1 heterocycles. The minimum absolute atomic E-state index is 0.297. The third-order valence-corrected chi connectivity index (χ3v) is 4.19. The summed E-state index contributed by atoms with van der Waals surface area (Å²) in [4.78, 5) is 12.0. The summed E-state index contributed by atoms with van der Waals surface area (Å²) < 4.78 is 11.0. The molecule has 3 nitrogen and oxygen atoms in total. The lowest BCUT2D eigenvalue weighted by Crippen LogP contribution is -2.06. The zero-order valence-electron chi connectivity index (χ0n) is 13.2. The van der Waals surface area contributed by atoms with Crippen LogP contribution in [0.5, 0.6) is 5.75 Å². The van der Waals surface area contributed by atoms with E-state index in [1.165, 1.54) is 0 Å². The van der Waals surface area contributed by atoms with Crippen LogP contribution in [0.2, 0.25) is 0 Å². The van der Waals surface area contributed by atoms with E-state index in [9.17, 15) is 4.79 Å². The van der Waals surface area contributed by atoms with Gasteiger partial charge in [-0.15, -0.1) is 0 Å². The number of ether oxygens (including phenoxy) is 1. The topological polar surface area (TPSA) is 39.4 Å². The van der Waals surface area contributed by atoms with Crippen LogP contribution in [-0.4, -0.2) is 7.11 Å². The third-order valence-electron chi connectivity index (χ3n) is 4.19. The summed E-state index contributed by atoms with van der Waals surface area (Å²) in [5.41, 5.74) is 5.03. The first-order valence-corrected chi connectivity index (χ1v) is 7.21. The quantitative estimate of drug-likeness (QED) is 0.658. The van der Waals surface area contributed by atoms with Crippen LogP contribution in [0, 0.1) is 20.8 Å². The Labute approximate surface area is 129 Å². The molecule has 0 N–H and O–H groups in total. The zero-order valence-corrected chi connectivity index (χ0v) is 13.2. The van der Waals surface area contributed by atoms with Gasteiger partial charge < -0.3 is 9.15 Å². The number of rotatable bonds is 2. The highest BCUT2D eigenvalue weighted by molar-refractivity contribution is 5.92. The highest BCUT2D eigenvalue weighted by Crippen LogP contribution is 2.35. The normalized spacial score (nSPS) is 10.9. The van der Waals surface area contributed by atoms with Crippen molar-refractivity contribution in [1.29, 1.82) is 0 Å². The van der Waals surface area contributed by atoms with E-state index >= 15 is 0 Å². The maximum atomic E-state index is 12.0. The van der Waals surface area contributed by atoms with E-state index in [2.05, 4.69) is 19.1 Å². The van der Waals surface area contributed by atoms with Crippen LogP contribution >= 0.6 is 0 Å². The average molecular weight is 294 g/mol. The summed E-state index contributed by atoms with van der Waals surface area (Å²) in [7, 11) is 1.64. The number of benzene rings is 2. The number of methoxy groups -OCH3 is 1. The molecule has 0 bridgehead atoms. The number of hydrogen-bond acceptors (Lipinski definition) is 3. The molecule has 0 aliphatic carbocycles. The standard InChI is InChI=1S/C19H18O3/c1-11-7-5-6-8-15(11)14-9-16(21-4)18-12(2)13(3)19(20)22-17(18)10-14/h5-10H,1-4H3. The van der Waals surface area contributed by atoms with Crippen molar-refractivity contribution < 1.29 is 9.15 Å². The molecule has 3 rings (SSSR count). The van der Waals surface area contributed by atoms with E-state index in [0.29, 0.717) is 11.1 Å². The molecule has 3 heteroatoms. The minimum atomic E-state index is -0.297. The fraction of sp³-hybridized carbons (Fsp3) is 0.211. The molecule has 22 heavy (non-hydrogen) atoms. The van der Waals surface area contributed by atoms with Crippen molar-refractivity contribution in [2.75, 3.05) is 7.11 Å². The maximum Gasteiger partial charge on any atom is 0.339 e. The van der Waals surface area contributed by atoms with E-state index in [1.54, 1.807) is 14.0 Å². The lowest BCUT2D eigenvalue weighted by Gasteiger charge is -2.13. The lowest BCUT2D eigenvalue weighted by molar-refractivity contribution is 0.418. The van der Waals surface area contributed by atoms with Crippen LogP contribution in [0.3, 0.4) is 0 Å². The molecule has 2 aromatic carbocycles. The van der Waals surface area contributed by atoms with Crippen molar-refractivity contribution in [1.82, 2.24) is 0 Å². The largest absolute Gasteiger partial charge is 0.496 e. The molecule has 0 amide bonds. The van der Waals surface area contributed by atoms with Crippen LogP contribution in [0.15, 0.2) is 45.6 Å². The summed E-state index contributed by atoms with van der Waals surface area (Å²) in [5, 5.41) is 0.858. The van der Waals surface area contributed by atoms with Gasteiger partial charge in [-0.3, -0.25) is 0 Å². The van der Waals surface area contributed by atoms with E-state index < -0.39 is 0 Å². The first-order valence-electron chi connectivity index (χ1n) is 7.21. The van der Waals surface area contributed by atoms with Gasteiger partial charge in [-0.1, -0.05) is 24.3 Å². The van der Waals surface area contributed by atoms with Crippen LogP contribution in [0.25, 0.3) is 22.1 Å². The number of fused-ring (bicyclic) bond motifs is 1. The van der Waals surface area contributed by atoms with E-state index in [1.807, 2.05) is 31.2 Å². The predicted octanol–water partition coefficient (Wildman–Crippen LogP) is 4.39. The molecular formula is C19H18O3. The highest BCUT2D eigenvalue weighted by Gasteiger charge is 2.15. The molecule has 112 valence electrons. The van der Waals surface area contributed by atoms with E-state index in [4.69, 9.17) is 9.15 Å². The summed E-state index contributed by atoms with van der Waals surface area (Å²) >= 11 is 0. The first-order chi connectivity index (χ1) is 10.5. The predicted molar refractivity (Wildman–Crippen MR) is 88.7 cm³/mol. The minimum Gasteiger partial charge on any atom is -0.496 e. The van der Waals surface area contributed by atoms with Crippen molar-refractivity contribution >= 4 is 11.0 Å². The molecule has 0 saturated heterocycles. The number of hydrogen-bond donors (Lipinski definition) is 0. The Morgan fingerprint density at radius 2 is 1.73 bits per heavy atom. The van der Waals surface area contributed by atoms with E-state index in [-0.39, 0.29) is 5.63 Å². The Morgan fingerprint density at radius 1 is 1.00 bits per heavy atom. The van der Waals surface area contributed by atoms with Crippen molar-refractivity contribution in [2.24, 2.45) is 0 Å².